The number of unbranched alkanes of at least 4 members (excludes halogenated alkanes) is 2. The van der Waals surface area contributed by atoms with Gasteiger partial charge in [0, 0.05) is 6.61 Å². The molecular weight excluding hydrogens is 360 g/mol. The molecule has 0 aliphatic heterocycles. The molecule has 0 aromatic carbocycles. The van der Waals surface area contributed by atoms with Crippen molar-refractivity contribution >= 4 is 11.9 Å². The summed E-state index contributed by atoms with van der Waals surface area (Å²) >= 11 is 0. The molecule has 4 saturated carbocycles. The van der Waals surface area contributed by atoms with Crippen LogP contribution in [0.15, 0.2) is 0 Å². The van der Waals surface area contributed by atoms with Crippen molar-refractivity contribution in [3.05, 3.63) is 0 Å². The summed E-state index contributed by atoms with van der Waals surface area (Å²) in [5.41, 5.74) is 0.426. The first-order valence-electron chi connectivity index (χ1n) is 11.0. The lowest BCUT2D eigenvalue weighted by molar-refractivity contribution is -0.158. The molecule has 0 aromatic heterocycles. The molecule has 0 heterocycles. The van der Waals surface area contributed by atoms with Crippen molar-refractivity contribution in [2.75, 3.05) is 13.2 Å². The fourth-order valence-corrected chi connectivity index (χ4v) is 6.67. The summed E-state index contributed by atoms with van der Waals surface area (Å²) in [5.74, 6) is -1.92. The molecule has 0 amide bonds. The van der Waals surface area contributed by atoms with Gasteiger partial charge in [0.15, 0.2) is 0 Å². The summed E-state index contributed by atoms with van der Waals surface area (Å²) in [5, 5.41) is 28.2. The lowest BCUT2D eigenvalue weighted by atomic mass is 9.50. The normalized spacial score (nSPS) is 34.1. The van der Waals surface area contributed by atoms with Crippen LogP contribution in [0.3, 0.4) is 0 Å². The van der Waals surface area contributed by atoms with E-state index in [0.717, 1.165) is 37.2 Å². The molecule has 0 saturated heterocycles. The fourth-order valence-electron chi connectivity index (χ4n) is 6.67. The second-order valence-corrected chi connectivity index (χ2v) is 9.87. The second-order valence-electron chi connectivity index (χ2n) is 9.87. The van der Waals surface area contributed by atoms with Crippen molar-refractivity contribution in [3.8, 4) is 0 Å². The van der Waals surface area contributed by atoms with Crippen molar-refractivity contribution in [3.63, 3.8) is 0 Å². The Bertz CT molecular complexity index is 522. The quantitative estimate of drug-likeness (QED) is 0.436. The zero-order valence-electron chi connectivity index (χ0n) is 17.0. The van der Waals surface area contributed by atoms with E-state index < -0.39 is 29.9 Å². The van der Waals surface area contributed by atoms with Crippen LogP contribution in [-0.2, 0) is 14.3 Å². The van der Waals surface area contributed by atoms with Crippen LogP contribution in [0.5, 0.6) is 0 Å². The van der Waals surface area contributed by atoms with Gasteiger partial charge >= 0.3 is 11.9 Å². The summed E-state index contributed by atoms with van der Waals surface area (Å²) in [6.07, 6.45) is 9.75. The maximum Gasteiger partial charge on any atom is 0.310 e. The van der Waals surface area contributed by atoms with Crippen LogP contribution < -0.4 is 0 Å². The van der Waals surface area contributed by atoms with Gasteiger partial charge in [0.25, 0.3) is 0 Å². The monoisotopic (exact) mass is 396 g/mol. The van der Waals surface area contributed by atoms with Crippen LogP contribution in [-0.4, -0.2) is 46.6 Å². The molecule has 4 aliphatic carbocycles. The van der Waals surface area contributed by atoms with E-state index in [-0.39, 0.29) is 6.42 Å². The molecule has 3 atom stereocenters. The molecule has 6 nitrogen and oxygen atoms in total. The molecule has 6 heteroatoms. The van der Waals surface area contributed by atoms with Crippen LogP contribution >= 0.6 is 0 Å². The Balaban J connectivity index is 1.33. The van der Waals surface area contributed by atoms with Crippen LogP contribution in [0.4, 0.5) is 0 Å². The topological polar surface area (TPSA) is 104 Å². The van der Waals surface area contributed by atoms with Crippen molar-refractivity contribution in [2.45, 2.75) is 77.2 Å². The van der Waals surface area contributed by atoms with E-state index >= 15 is 0 Å². The Kier molecular flexibility index (Phi) is 7.02. The summed E-state index contributed by atoms with van der Waals surface area (Å²) in [7, 11) is 0. The number of hydrogen-bond donors (Lipinski definition) is 3. The number of aliphatic hydroxyl groups is 1. The largest absolute Gasteiger partial charge is 0.481 e. The third-order valence-electron chi connectivity index (χ3n) is 7.43. The van der Waals surface area contributed by atoms with Crippen molar-refractivity contribution in [1.29, 1.82) is 0 Å². The van der Waals surface area contributed by atoms with Gasteiger partial charge in [-0.15, -0.1) is 0 Å². The Hall–Kier alpha value is -1.14. The van der Waals surface area contributed by atoms with E-state index in [1.54, 1.807) is 0 Å². The average molecular weight is 397 g/mol. The van der Waals surface area contributed by atoms with Crippen molar-refractivity contribution in [1.82, 2.24) is 0 Å². The highest BCUT2D eigenvalue weighted by molar-refractivity contribution is 5.80. The molecule has 4 fully saturated rings. The van der Waals surface area contributed by atoms with E-state index in [1.165, 1.54) is 45.4 Å². The van der Waals surface area contributed by atoms with Gasteiger partial charge in [0.05, 0.1) is 24.5 Å². The molecule has 3 N–H and O–H groups in total. The minimum atomic E-state index is -1.26. The van der Waals surface area contributed by atoms with E-state index in [2.05, 4.69) is 0 Å². The first-order chi connectivity index (χ1) is 13.3. The number of hydrogen-bond acceptors (Lipinski definition) is 4. The Morgan fingerprint density at radius 2 is 1.54 bits per heavy atom. The third-order valence-corrected chi connectivity index (χ3v) is 7.43. The number of aliphatic hydroxyl groups excluding tert-OH is 1. The Morgan fingerprint density at radius 1 is 0.964 bits per heavy atom. The maximum absolute atomic E-state index is 11.4. The predicted molar refractivity (Wildman–Crippen MR) is 104 cm³/mol. The Labute approximate surface area is 167 Å². The van der Waals surface area contributed by atoms with E-state index in [9.17, 15) is 24.9 Å². The number of carbonyl (C=O) groups is 2. The van der Waals surface area contributed by atoms with Crippen molar-refractivity contribution in [2.24, 2.45) is 35.0 Å². The third kappa shape index (κ3) is 5.07. The molecule has 4 rings (SSSR count). The Morgan fingerprint density at radius 3 is 2.00 bits per heavy atom. The highest BCUT2D eigenvalue weighted by atomic mass is 16.5. The SMILES string of the molecule is CC(O)[C@H](C(=O)O)[C@H](CCCCCOCC12CC3CC(CC(C3)C1)C2)C(=O)O. The molecular formula is C22H36O6. The van der Waals surface area contributed by atoms with E-state index in [4.69, 9.17) is 4.74 Å². The maximum atomic E-state index is 11.4. The molecule has 1 unspecified atom stereocenters. The van der Waals surface area contributed by atoms with Gasteiger partial charge in [0.2, 0.25) is 0 Å². The highest BCUT2D eigenvalue weighted by Gasteiger charge is 2.50. The zero-order chi connectivity index (χ0) is 20.3. The van der Waals surface area contributed by atoms with E-state index in [0.29, 0.717) is 18.4 Å². The van der Waals surface area contributed by atoms with Crippen LogP contribution in [0.2, 0.25) is 0 Å². The molecule has 0 aromatic rings. The number of aliphatic carboxylic acids is 2. The van der Waals surface area contributed by atoms with Gasteiger partial charge in [-0.2, -0.15) is 0 Å². The zero-order valence-corrected chi connectivity index (χ0v) is 17.0. The lowest BCUT2D eigenvalue weighted by Crippen LogP contribution is -2.48. The summed E-state index contributed by atoms with van der Waals surface area (Å²) in [6, 6.07) is 0. The number of carboxylic acids is 2. The van der Waals surface area contributed by atoms with Gasteiger partial charge < -0.3 is 20.1 Å². The minimum Gasteiger partial charge on any atom is -0.481 e. The molecule has 4 aliphatic rings. The minimum absolute atomic E-state index is 0.270. The summed E-state index contributed by atoms with van der Waals surface area (Å²) < 4.78 is 6.05. The van der Waals surface area contributed by atoms with Crippen LogP contribution in [0.25, 0.3) is 0 Å². The first-order valence-corrected chi connectivity index (χ1v) is 11.0. The number of rotatable bonds is 12. The molecule has 160 valence electrons. The van der Waals surface area contributed by atoms with E-state index in [1.807, 2.05) is 0 Å². The number of ether oxygens (including phenoxy) is 1. The molecule has 0 radical (unpaired) electrons. The van der Waals surface area contributed by atoms with Crippen LogP contribution in [0.1, 0.15) is 71.1 Å². The van der Waals surface area contributed by atoms with Crippen molar-refractivity contribution < 1.29 is 29.6 Å². The summed E-state index contributed by atoms with van der Waals surface area (Å²) in [6.45, 7) is 2.91. The van der Waals surface area contributed by atoms with Crippen LogP contribution in [0, 0.1) is 35.0 Å². The van der Waals surface area contributed by atoms with Gasteiger partial charge in [-0.3, -0.25) is 9.59 Å². The van der Waals surface area contributed by atoms with Gasteiger partial charge in [-0.25, -0.2) is 0 Å². The smallest absolute Gasteiger partial charge is 0.310 e. The number of carboxylic acid groups (broad SMARTS) is 2. The van der Waals surface area contributed by atoms with Gasteiger partial charge in [-0.1, -0.05) is 12.8 Å². The highest BCUT2D eigenvalue weighted by Crippen LogP contribution is 2.60. The van der Waals surface area contributed by atoms with Gasteiger partial charge in [-0.05, 0) is 81.5 Å². The summed E-state index contributed by atoms with van der Waals surface area (Å²) in [4.78, 5) is 22.7. The molecule has 0 spiro atoms. The standard InChI is InChI=1S/C22H36O6/c1-14(23)19(21(26)27)18(20(24)25)5-3-2-4-6-28-13-22-10-15-7-16(11-22)9-17(8-15)12-22/h14-19,23H,2-13H2,1H3,(H,24,25)(H,26,27)/t14?,15?,16?,17?,18-,19-,22?/m0/s1. The molecule has 4 bridgehead atoms. The average Bonchev–Trinajstić information content (AvgIpc) is 2.57. The second kappa shape index (κ2) is 9.12. The first kappa shape index (κ1) is 21.6. The molecule has 28 heavy (non-hydrogen) atoms. The lowest BCUT2D eigenvalue weighted by Gasteiger charge is -2.56. The predicted octanol–water partition coefficient (Wildman–Crippen LogP) is 3.56. The van der Waals surface area contributed by atoms with Gasteiger partial charge in [0.1, 0.15) is 0 Å². The fraction of sp³-hybridized carbons (Fsp3) is 0.909.